The lowest BCUT2D eigenvalue weighted by Crippen LogP contribution is -2.40. The smallest absolute Gasteiger partial charge is 0.227 e. The molecule has 1 aliphatic rings. The standard InChI is InChI=1S/C11H15NO2S/c13-9-3-5-12(6-4-9)11(14)8-10-2-1-7-15-10/h1-2,7,9,13H,3-6,8H2. The molecule has 1 fully saturated rings. The number of aliphatic hydroxyl groups is 1. The highest BCUT2D eigenvalue weighted by Crippen LogP contribution is 2.14. The monoisotopic (exact) mass is 225 g/mol. The van der Waals surface area contributed by atoms with Crippen molar-refractivity contribution in [3.05, 3.63) is 22.4 Å². The van der Waals surface area contributed by atoms with Crippen LogP contribution >= 0.6 is 11.3 Å². The van der Waals surface area contributed by atoms with Gasteiger partial charge in [0.05, 0.1) is 12.5 Å². The van der Waals surface area contributed by atoms with E-state index in [2.05, 4.69) is 0 Å². The number of likely N-dealkylation sites (tertiary alicyclic amines) is 1. The number of amides is 1. The van der Waals surface area contributed by atoms with Crippen molar-refractivity contribution >= 4 is 17.2 Å². The van der Waals surface area contributed by atoms with E-state index >= 15 is 0 Å². The minimum atomic E-state index is -0.212. The maximum Gasteiger partial charge on any atom is 0.227 e. The van der Waals surface area contributed by atoms with Crippen LogP contribution in [0.2, 0.25) is 0 Å². The number of piperidine rings is 1. The fourth-order valence-electron chi connectivity index (χ4n) is 1.79. The van der Waals surface area contributed by atoms with Crippen LogP contribution in [0.5, 0.6) is 0 Å². The molecular weight excluding hydrogens is 210 g/mol. The molecule has 1 saturated heterocycles. The van der Waals surface area contributed by atoms with Crippen LogP contribution in [0.25, 0.3) is 0 Å². The second-order valence-corrected chi connectivity index (χ2v) is 4.90. The van der Waals surface area contributed by atoms with Crippen LogP contribution in [0.15, 0.2) is 17.5 Å². The Balaban J connectivity index is 1.86. The summed E-state index contributed by atoms with van der Waals surface area (Å²) in [5, 5.41) is 11.3. The van der Waals surface area contributed by atoms with Gasteiger partial charge in [0.25, 0.3) is 0 Å². The lowest BCUT2D eigenvalue weighted by atomic mass is 10.1. The van der Waals surface area contributed by atoms with Crippen molar-refractivity contribution in [2.24, 2.45) is 0 Å². The van der Waals surface area contributed by atoms with Crippen molar-refractivity contribution in [3.63, 3.8) is 0 Å². The fraction of sp³-hybridized carbons (Fsp3) is 0.545. The first kappa shape index (κ1) is 10.6. The highest BCUT2D eigenvalue weighted by Gasteiger charge is 2.21. The van der Waals surface area contributed by atoms with Gasteiger partial charge in [-0.2, -0.15) is 0 Å². The van der Waals surface area contributed by atoms with Gasteiger partial charge >= 0.3 is 0 Å². The zero-order valence-electron chi connectivity index (χ0n) is 8.56. The lowest BCUT2D eigenvalue weighted by molar-refractivity contribution is -0.132. The van der Waals surface area contributed by atoms with Gasteiger partial charge in [0.2, 0.25) is 5.91 Å². The molecule has 2 heterocycles. The number of rotatable bonds is 2. The SMILES string of the molecule is O=C(Cc1cccs1)N1CCC(O)CC1. The first-order valence-corrected chi connectivity index (χ1v) is 6.12. The van der Waals surface area contributed by atoms with E-state index in [1.54, 1.807) is 11.3 Å². The topological polar surface area (TPSA) is 40.5 Å². The second-order valence-electron chi connectivity index (χ2n) is 3.87. The van der Waals surface area contributed by atoms with E-state index in [9.17, 15) is 9.90 Å². The Morgan fingerprint density at radius 3 is 2.87 bits per heavy atom. The molecule has 0 aromatic carbocycles. The average molecular weight is 225 g/mol. The largest absolute Gasteiger partial charge is 0.393 e. The number of hydrogen-bond acceptors (Lipinski definition) is 3. The summed E-state index contributed by atoms with van der Waals surface area (Å²) in [6.45, 7) is 1.40. The van der Waals surface area contributed by atoms with Crippen LogP contribution < -0.4 is 0 Å². The third kappa shape index (κ3) is 2.79. The summed E-state index contributed by atoms with van der Waals surface area (Å²) in [7, 11) is 0. The summed E-state index contributed by atoms with van der Waals surface area (Å²) in [6.07, 6.45) is 1.73. The molecule has 15 heavy (non-hydrogen) atoms. The van der Waals surface area contributed by atoms with Crippen LogP contribution in [-0.2, 0) is 11.2 Å². The Bertz CT molecular complexity index is 315. The predicted molar refractivity (Wildman–Crippen MR) is 59.8 cm³/mol. The third-order valence-electron chi connectivity index (χ3n) is 2.72. The van der Waals surface area contributed by atoms with Crippen LogP contribution in [0.4, 0.5) is 0 Å². The average Bonchev–Trinajstić information content (AvgIpc) is 2.71. The van der Waals surface area contributed by atoms with Crippen molar-refractivity contribution in [1.82, 2.24) is 4.90 Å². The van der Waals surface area contributed by atoms with Gasteiger partial charge < -0.3 is 10.0 Å². The Hall–Kier alpha value is -0.870. The normalized spacial score (nSPS) is 18.1. The maximum absolute atomic E-state index is 11.8. The zero-order chi connectivity index (χ0) is 10.7. The minimum Gasteiger partial charge on any atom is -0.393 e. The second kappa shape index (κ2) is 4.77. The molecule has 4 heteroatoms. The number of thiophene rings is 1. The molecule has 1 aromatic heterocycles. The van der Waals surface area contributed by atoms with E-state index in [0.717, 1.165) is 17.7 Å². The highest BCUT2D eigenvalue weighted by atomic mass is 32.1. The summed E-state index contributed by atoms with van der Waals surface area (Å²) < 4.78 is 0. The van der Waals surface area contributed by atoms with Gasteiger partial charge in [0.1, 0.15) is 0 Å². The lowest BCUT2D eigenvalue weighted by Gasteiger charge is -2.29. The number of carbonyl (C=O) groups excluding carboxylic acids is 1. The first-order chi connectivity index (χ1) is 7.25. The van der Waals surface area contributed by atoms with E-state index in [1.165, 1.54) is 0 Å². The summed E-state index contributed by atoms with van der Waals surface area (Å²) >= 11 is 1.62. The molecule has 2 rings (SSSR count). The Morgan fingerprint density at radius 1 is 1.53 bits per heavy atom. The van der Waals surface area contributed by atoms with E-state index in [-0.39, 0.29) is 12.0 Å². The molecular formula is C11H15NO2S. The molecule has 0 unspecified atom stereocenters. The molecule has 0 bridgehead atoms. The van der Waals surface area contributed by atoms with Gasteiger partial charge in [-0.25, -0.2) is 0 Å². The van der Waals surface area contributed by atoms with E-state index in [4.69, 9.17) is 0 Å². The summed E-state index contributed by atoms with van der Waals surface area (Å²) in [4.78, 5) is 14.8. The van der Waals surface area contributed by atoms with Gasteiger partial charge in [-0.05, 0) is 24.3 Å². The highest BCUT2D eigenvalue weighted by molar-refractivity contribution is 7.10. The fourth-order valence-corrected chi connectivity index (χ4v) is 2.49. The number of hydrogen-bond donors (Lipinski definition) is 1. The molecule has 1 aliphatic heterocycles. The van der Waals surface area contributed by atoms with Crippen molar-refractivity contribution in [2.45, 2.75) is 25.4 Å². The molecule has 0 radical (unpaired) electrons. The van der Waals surface area contributed by atoms with Crippen molar-refractivity contribution in [2.75, 3.05) is 13.1 Å². The van der Waals surface area contributed by atoms with Crippen LogP contribution in [0.3, 0.4) is 0 Å². The molecule has 0 saturated carbocycles. The van der Waals surface area contributed by atoms with Crippen LogP contribution in [-0.4, -0.2) is 35.1 Å². The third-order valence-corrected chi connectivity index (χ3v) is 3.60. The van der Waals surface area contributed by atoms with Gasteiger partial charge in [0, 0.05) is 18.0 Å². The van der Waals surface area contributed by atoms with Gasteiger partial charge in [-0.15, -0.1) is 11.3 Å². The van der Waals surface area contributed by atoms with Gasteiger partial charge in [-0.3, -0.25) is 4.79 Å². The van der Waals surface area contributed by atoms with Gasteiger partial charge in [0.15, 0.2) is 0 Å². The molecule has 1 amide bonds. The Labute approximate surface area is 93.3 Å². The number of aliphatic hydroxyl groups excluding tert-OH is 1. The summed E-state index contributed by atoms with van der Waals surface area (Å²) in [5.74, 6) is 0.185. The maximum atomic E-state index is 11.8. The molecule has 0 aliphatic carbocycles. The first-order valence-electron chi connectivity index (χ1n) is 5.24. The van der Waals surface area contributed by atoms with Crippen molar-refractivity contribution in [3.8, 4) is 0 Å². The summed E-state index contributed by atoms with van der Waals surface area (Å²) in [6, 6.07) is 3.95. The molecule has 3 nitrogen and oxygen atoms in total. The van der Waals surface area contributed by atoms with Crippen molar-refractivity contribution in [1.29, 1.82) is 0 Å². The molecule has 1 N–H and O–H groups in total. The van der Waals surface area contributed by atoms with E-state index < -0.39 is 0 Å². The Morgan fingerprint density at radius 2 is 2.27 bits per heavy atom. The number of nitrogens with zero attached hydrogens (tertiary/aromatic N) is 1. The molecule has 82 valence electrons. The summed E-state index contributed by atoms with van der Waals surface area (Å²) in [5.41, 5.74) is 0. The van der Waals surface area contributed by atoms with E-state index in [1.807, 2.05) is 22.4 Å². The van der Waals surface area contributed by atoms with Gasteiger partial charge in [-0.1, -0.05) is 6.07 Å². The van der Waals surface area contributed by atoms with Crippen molar-refractivity contribution < 1.29 is 9.90 Å². The zero-order valence-corrected chi connectivity index (χ0v) is 9.37. The van der Waals surface area contributed by atoms with Crippen LogP contribution in [0.1, 0.15) is 17.7 Å². The molecule has 0 atom stereocenters. The Kier molecular flexibility index (Phi) is 3.38. The molecule has 1 aromatic rings. The molecule has 0 spiro atoms. The van der Waals surface area contributed by atoms with E-state index in [0.29, 0.717) is 19.5 Å². The quantitative estimate of drug-likeness (QED) is 0.823. The van der Waals surface area contributed by atoms with Crippen LogP contribution in [0, 0.1) is 0 Å². The number of carbonyl (C=O) groups is 1. The predicted octanol–water partition coefficient (Wildman–Crippen LogP) is 1.27. The minimum absolute atomic E-state index is 0.185.